The van der Waals surface area contributed by atoms with E-state index in [0.29, 0.717) is 13.0 Å². The maximum Gasteiger partial charge on any atom is 0.319 e. The number of carbonyl (C=O) groups is 1. The Morgan fingerprint density at radius 2 is 2.20 bits per heavy atom. The summed E-state index contributed by atoms with van der Waals surface area (Å²) >= 11 is 0. The molecule has 0 saturated heterocycles. The lowest BCUT2D eigenvalue weighted by Crippen LogP contribution is -2.29. The molecule has 0 radical (unpaired) electrons. The normalized spacial score (nSPS) is 9.55. The van der Waals surface area contributed by atoms with Crippen LogP contribution in [-0.4, -0.2) is 24.3 Å². The summed E-state index contributed by atoms with van der Waals surface area (Å²) in [6.45, 7) is 4.77. The fourth-order valence-corrected chi connectivity index (χ4v) is 1.65. The van der Waals surface area contributed by atoms with E-state index in [2.05, 4.69) is 29.4 Å². The van der Waals surface area contributed by atoms with Crippen LogP contribution < -0.4 is 10.6 Å². The minimum atomic E-state index is -0.180. The Labute approximate surface area is 120 Å². The van der Waals surface area contributed by atoms with Crippen LogP contribution in [0.4, 0.5) is 10.5 Å². The van der Waals surface area contributed by atoms with Gasteiger partial charge in [-0.05, 0) is 37.1 Å². The molecule has 4 heteroatoms. The van der Waals surface area contributed by atoms with Crippen molar-refractivity contribution in [2.45, 2.75) is 33.1 Å². The van der Waals surface area contributed by atoms with E-state index < -0.39 is 0 Å². The van der Waals surface area contributed by atoms with Crippen LogP contribution >= 0.6 is 0 Å². The van der Waals surface area contributed by atoms with Gasteiger partial charge in [0.15, 0.2) is 0 Å². The third-order valence-electron chi connectivity index (χ3n) is 2.76. The van der Waals surface area contributed by atoms with E-state index in [9.17, 15) is 4.79 Å². The molecule has 0 atom stereocenters. The Morgan fingerprint density at radius 1 is 1.40 bits per heavy atom. The molecule has 0 bridgehead atoms. The Bertz CT molecular complexity index is 501. The van der Waals surface area contributed by atoms with Crippen LogP contribution in [-0.2, 0) is 0 Å². The second kappa shape index (κ2) is 9.00. The number of hydrogen-bond acceptors (Lipinski definition) is 2. The highest BCUT2D eigenvalue weighted by Crippen LogP contribution is 2.15. The van der Waals surface area contributed by atoms with Gasteiger partial charge >= 0.3 is 6.03 Å². The first kappa shape index (κ1) is 16.1. The highest BCUT2D eigenvalue weighted by Gasteiger charge is 2.03. The smallest absolute Gasteiger partial charge is 0.319 e. The van der Waals surface area contributed by atoms with E-state index in [4.69, 9.17) is 5.11 Å². The molecule has 4 nitrogen and oxygen atoms in total. The lowest BCUT2D eigenvalue weighted by atomic mass is 10.1. The van der Waals surface area contributed by atoms with Gasteiger partial charge in [-0.1, -0.05) is 25.2 Å². The number of urea groups is 1. The molecule has 108 valence electrons. The first-order chi connectivity index (χ1) is 9.67. The Morgan fingerprint density at radius 3 is 2.85 bits per heavy atom. The number of aliphatic hydroxyl groups is 1. The number of nitrogens with one attached hydrogen (secondary N) is 2. The van der Waals surface area contributed by atoms with E-state index in [0.717, 1.165) is 29.7 Å². The number of amides is 2. The Balaban J connectivity index is 2.60. The molecule has 1 aromatic carbocycles. The Hall–Kier alpha value is -1.99. The fourth-order valence-electron chi connectivity index (χ4n) is 1.65. The van der Waals surface area contributed by atoms with Crippen LogP contribution in [0.3, 0.4) is 0 Å². The number of aliphatic hydroxyl groups excluding tert-OH is 1. The van der Waals surface area contributed by atoms with Crippen molar-refractivity contribution in [1.82, 2.24) is 5.32 Å². The van der Waals surface area contributed by atoms with Crippen LogP contribution in [0.15, 0.2) is 18.2 Å². The van der Waals surface area contributed by atoms with E-state index in [1.807, 2.05) is 25.1 Å². The zero-order valence-electron chi connectivity index (χ0n) is 12.1. The lowest BCUT2D eigenvalue weighted by molar-refractivity contribution is 0.252. The van der Waals surface area contributed by atoms with Gasteiger partial charge in [0, 0.05) is 24.2 Å². The second-order valence-corrected chi connectivity index (χ2v) is 4.54. The molecule has 0 spiro atoms. The largest absolute Gasteiger partial charge is 0.395 e. The molecular formula is C16H22N2O2. The van der Waals surface area contributed by atoms with Crippen LogP contribution in [0.5, 0.6) is 0 Å². The average Bonchev–Trinajstić information content (AvgIpc) is 2.42. The zero-order valence-corrected chi connectivity index (χ0v) is 12.1. The molecule has 0 aliphatic rings. The minimum absolute atomic E-state index is 0.0730. The van der Waals surface area contributed by atoms with Crippen molar-refractivity contribution >= 4 is 11.7 Å². The van der Waals surface area contributed by atoms with Crippen LogP contribution in [0.25, 0.3) is 0 Å². The highest BCUT2D eigenvalue weighted by molar-refractivity contribution is 5.90. The first-order valence-corrected chi connectivity index (χ1v) is 6.92. The number of aryl methyl sites for hydroxylation is 1. The standard InChI is InChI=1S/C16H22N2O2/c1-3-4-10-17-16(20)18-15-9-8-14(12-13(15)2)7-5-6-11-19/h8-9,12,19H,3-4,6,10-11H2,1-2H3,(H2,17,18,20). The van der Waals surface area contributed by atoms with Crippen molar-refractivity contribution in [2.75, 3.05) is 18.5 Å². The number of hydrogen-bond donors (Lipinski definition) is 3. The average molecular weight is 274 g/mol. The monoisotopic (exact) mass is 274 g/mol. The number of anilines is 1. The summed E-state index contributed by atoms with van der Waals surface area (Å²) in [7, 11) is 0. The molecule has 0 heterocycles. The van der Waals surface area contributed by atoms with Gasteiger partial charge in [-0.2, -0.15) is 0 Å². The summed E-state index contributed by atoms with van der Waals surface area (Å²) in [5.74, 6) is 5.84. The fraction of sp³-hybridized carbons (Fsp3) is 0.438. The van der Waals surface area contributed by atoms with Crippen LogP contribution in [0, 0.1) is 18.8 Å². The molecule has 0 unspecified atom stereocenters. The van der Waals surface area contributed by atoms with Gasteiger partial charge in [-0.3, -0.25) is 0 Å². The van der Waals surface area contributed by atoms with Crippen molar-refractivity contribution in [3.8, 4) is 11.8 Å². The SMILES string of the molecule is CCCCNC(=O)Nc1ccc(C#CCCO)cc1C. The lowest BCUT2D eigenvalue weighted by Gasteiger charge is -2.09. The summed E-state index contributed by atoms with van der Waals surface area (Å²) in [6, 6.07) is 5.45. The van der Waals surface area contributed by atoms with E-state index in [1.54, 1.807) is 0 Å². The molecular weight excluding hydrogens is 252 g/mol. The van der Waals surface area contributed by atoms with Gasteiger partial charge < -0.3 is 15.7 Å². The third-order valence-corrected chi connectivity index (χ3v) is 2.76. The molecule has 0 aromatic heterocycles. The van der Waals surface area contributed by atoms with Gasteiger partial charge in [0.25, 0.3) is 0 Å². The molecule has 1 rings (SSSR count). The molecule has 0 saturated carbocycles. The van der Waals surface area contributed by atoms with Crippen molar-refractivity contribution in [3.05, 3.63) is 29.3 Å². The molecule has 0 fully saturated rings. The predicted molar refractivity (Wildman–Crippen MR) is 81.7 cm³/mol. The quantitative estimate of drug-likeness (QED) is 0.571. The summed E-state index contributed by atoms with van der Waals surface area (Å²) < 4.78 is 0. The van der Waals surface area contributed by atoms with E-state index >= 15 is 0 Å². The highest BCUT2D eigenvalue weighted by atomic mass is 16.2. The summed E-state index contributed by atoms with van der Waals surface area (Å²) in [5, 5.41) is 14.3. The number of carbonyl (C=O) groups excluding carboxylic acids is 1. The van der Waals surface area contributed by atoms with Gasteiger partial charge in [-0.15, -0.1) is 0 Å². The zero-order chi connectivity index (χ0) is 14.8. The van der Waals surface area contributed by atoms with E-state index in [1.165, 1.54) is 0 Å². The molecule has 0 aliphatic heterocycles. The topological polar surface area (TPSA) is 61.4 Å². The second-order valence-electron chi connectivity index (χ2n) is 4.54. The van der Waals surface area contributed by atoms with Crippen molar-refractivity contribution in [3.63, 3.8) is 0 Å². The number of benzene rings is 1. The van der Waals surface area contributed by atoms with Gasteiger partial charge in [0.1, 0.15) is 0 Å². The Kier molecular flexibility index (Phi) is 7.23. The summed E-state index contributed by atoms with van der Waals surface area (Å²) in [5.41, 5.74) is 2.63. The summed E-state index contributed by atoms with van der Waals surface area (Å²) in [6.07, 6.45) is 2.51. The van der Waals surface area contributed by atoms with Crippen molar-refractivity contribution in [1.29, 1.82) is 0 Å². The van der Waals surface area contributed by atoms with E-state index in [-0.39, 0.29) is 12.6 Å². The number of rotatable bonds is 5. The van der Waals surface area contributed by atoms with Crippen LogP contribution in [0.2, 0.25) is 0 Å². The predicted octanol–water partition coefficient (Wildman–Crippen LogP) is 2.65. The third kappa shape index (κ3) is 5.77. The van der Waals surface area contributed by atoms with Crippen molar-refractivity contribution in [2.24, 2.45) is 0 Å². The van der Waals surface area contributed by atoms with Gasteiger partial charge in [0.2, 0.25) is 0 Å². The molecule has 20 heavy (non-hydrogen) atoms. The number of unbranched alkanes of at least 4 members (excludes halogenated alkanes) is 1. The van der Waals surface area contributed by atoms with Gasteiger partial charge in [0.05, 0.1) is 6.61 Å². The molecule has 3 N–H and O–H groups in total. The first-order valence-electron chi connectivity index (χ1n) is 6.92. The molecule has 2 amide bonds. The van der Waals surface area contributed by atoms with Crippen LogP contribution in [0.1, 0.15) is 37.3 Å². The molecule has 0 aliphatic carbocycles. The maximum atomic E-state index is 11.7. The molecule has 1 aromatic rings. The van der Waals surface area contributed by atoms with Crippen molar-refractivity contribution < 1.29 is 9.90 Å². The maximum absolute atomic E-state index is 11.7. The summed E-state index contributed by atoms with van der Waals surface area (Å²) in [4.78, 5) is 11.7. The van der Waals surface area contributed by atoms with Gasteiger partial charge in [-0.25, -0.2) is 4.79 Å². The minimum Gasteiger partial charge on any atom is -0.395 e.